The molecule has 0 N–H and O–H groups in total. The Labute approximate surface area is 365 Å². The van der Waals surface area contributed by atoms with E-state index in [0.29, 0.717) is 40.5 Å². The lowest BCUT2D eigenvalue weighted by atomic mass is 9.67. The molecule has 10 aromatic rings. The number of benzene rings is 9. The summed E-state index contributed by atoms with van der Waals surface area (Å²) in [6.45, 7) is 0. The zero-order valence-electron chi connectivity index (χ0n) is 34.0. The second kappa shape index (κ2) is 14.9. The number of para-hydroxylation sites is 2. The van der Waals surface area contributed by atoms with Crippen LogP contribution in [-0.4, -0.2) is 15.0 Å². The van der Waals surface area contributed by atoms with E-state index in [2.05, 4.69) is 158 Å². The van der Waals surface area contributed by atoms with E-state index in [1.165, 1.54) is 22.3 Å². The van der Waals surface area contributed by atoms with Crippen molar-refractivity contribution in [2.75, 3.05) is 0 Å². The van der Waals surface area contributed by atoms with E-state index in [4.69, 9.17) is 24.4 Å². The lowest BCUT2D eigenvalue weighted by Gasteiger charge is -2.34. The maximum absolute atomic E-state index is 6.51. The lowest BCUT2D eigenvalue weighted by Crippen LogP contribution is -2.28. The quantitative estimate of drug-likeness (QED) is 0.161. The first-order valence-electron chi connectivity index (χ1n) is 21.2. The van der Waals surface area contributed by atoms with Crippen molar-refractivity contribution in [1.82, 2.24) is 15.0 Å². The van der Waals surface area contributed by atoms with Crippen LogP contribution in [0.2, 0.25) is 0 Å². The first-order valence-corrected chi connectivity index (χ1v) is 21.2. The van der Waals surface area contributed by atoms with Gasteiger partial charge in [-0.05, 0) is 86.0 Å². The van der Waals surface area contributed by atoms with Gasteiger partial charge in [0, 0.05) is 16.7 Å². The zero-order valence-corrected chi connectivity index (χ0v) is 34.0. The van der Waals surface area contributed by atoms with Crippen LogP contribution in [0.1, 0.15) is 22.3 Å². The lowest BCUT2D eigenvalue weighted by molar-refractivity contribution is 0.359. The molecule has 2 heterocycles. The highest BCUT2D eigenvalue weighted by Crippen LogP contribution is 2.58. The van der Waals surface area contributed by atoms with Crippen LogP contribution in [0, 0.1) is 0 Å². The van der Waals surface area contributed by atoms with E-state index in [1.54, 1.807) is 0 Å². The van der Waals surface area contributed by atoms with Crippen molar-refractivity contribution in [2.24, 2.45) is 0 Å². The molecule has 1 aliphatic carbocycles. The van der Waals surface area contributed by atoms with Gasteiger partial charge in [-0.3, -0.25) is 0 Å². The van der Waals surface area contributed by atoms with E-state index in [-0.39, 0.29) is 0 Å². The number of hydrogen-bond acceptors (Lipinski definition) is 5. The number of nitrogens with zero attached hydrogens (tertiary/aromatic N) is 3. The van der Waals surface area contributed by atoms with Crippen molar-refractivity contribution in [3.8, 4) is 90.5 Å². The van der Waals surface area contributed by atoms with Gasteiger partial charge in [-0.25, -0.2) is 15.0 Å². The number of aromatic nitrogens is 3. The summed E-state index contributed by atoms with van der Waals surface area (Å²) < 4.78 is 12.8. The first-order chi connectivity index (χ1) is 31.2. The molecule has 1 aliphatic heterocycles. The number of ether oxygens (including phenoxy) is 2. The first kappa shape index (κ1) is 36.4. The van der Waals surface area contributed by atoms with Crippen molar-refractivity contribution >= 4 is 0 Å². The Hall–Kier alpha value is -8.41. The Morgan fingerprint density at radius 2 is 0.683 bits per heavy atom. The van der Waals surface area contributed by atoms with Crippen LogP contribution in [0.5, 0.6) is 23.0 Å². The smallest absolute Gasteiger partial charge is 0.170 e. The van der Waals surface area contributed by atoms with Crippen LogP contribution in [0.25, 0.3) is 67.5 Å². The van der Waals surface area contributed by atoms with Gasteiger partial charge in [-0.1, -0.05) is 194 Å². The van der Waals surface area contributed by atoms with Crippen molar-refractivity contribution in [1.29, 1.82) is 0 Å². The Balaban J connectivity index is 0.945. The van der Waals surface area contributed by atoms with E-state index in [9.17, 15) is 0 Å². The molecule has 9 aromatic carbocycles. The maximum atomic E-state index is 6.51. The van der Waals surface area contributed by atoms with Crippen molar-refractivity contribution < 1.29 is 9.47 Å². The SMILES string of the molecule is c1ccc(-c2ccc(-c3nc(-c4ccccc4)nc(-c4cccc(-c5ccc(C6(c7ccc8c(c7)Oc7ccccc7O8)c7ccccc7-c7ccccc76)cc5)c4)n3)cc2)cc1. The molecule has 0 saturated carbocycles. The summed E-state index contributed by atoms with van der Waals surface area (Å²) in [5.41, 5.74) is 13.8. The molecular formula is C58H37N3O2. The predicted octanol–water partition coefficient (Wildman–Crippen LogP) is 14.5. The fourth-order valence-corrected chi connectivity index (χ4v) is 9.33. The summed E-state index contributed by atoms with van der Waals surface area (Å²) in [7, 11) is 0. The van der Waals surface area contributed by atoms with Crippen LogP contribution >= 0.6 is 0 Å². The fraction of sp³-hybridized carbons (Fsp3) is 0.0172. The van der Waals surface area contributed by atoms with Crippen LogP contribution in [0.4, 0.5) is 0 Å². The number of rotatable bonds is 7. The largest absolute Gasteiger partial charge is 0.450 e. The fourth-order valence-electron chi connectivity index (χ4n) is 9.33. The molecule has 5 nitrogen and oxygen atoms in total. The molecule has 2 aliphatic rings. The third-order valence-corrected chi connectivity index (χ3v) is 12.3. The highest BCUT2D eigenvalue weighted by atomic mass is 16.6. The second-order valence-electron chi connectivity index (χ2n) is 15.9. The second-order valence-corrected chi connectivity index (χ2v) is 15.9. The van der Waals surface area contributed by atoms with E-state index in [0.717, 1.165) is 50.1 Å². The molecule has 12 rings (SSSR count). The summed E-state index contributed by atoms with van der Waals surface area (Å²) in [4.78, 5) is 15.1. The summed E-state index contributed by atoms with van der Waals surface area (Å²) >= 11 is 0. The normalized spacial score (nSPS) is 12.8. The molecule has 0 bridgehead atoms. The predicted molar refractivity (Wildman–Crippen MR) is 251 cm³/mol. The average molecular weight is 808 g/mol. The summed E-state index contributed by atoms with van der Waals surface area (Å²) in [6.07, 6.45) is 0. The Bertz CT molecular complexity index is 3280. The van der Waals surface area contributed by atoms with Gasteiger partial charge >= 0.3 is 0 Å². The molecule has 0 fully saturated rings. The van der Waals surface area contributed by atoms with E-state index in [1.807, 2.05) is 66.7 Å². The molecule has 0 unspecified atom stereocenters. The van der Waals surface area contributed by atoms with Gasteiger partial charge < -0.3 is 9.47 Å². The van der Waals surface area contributed by atoms with Gasteiger partial charge in [0.05, 0.1) is 5.41 Å². The van der Waals surface area contributed by atoms with Crippen LogP contribution in [-0.2, 0) is 5.41 Å². The van der Waals surface area contributed by atoms with Gasteiger partial charge in [0.25, 0.3) is 0 Å². The molecule has 1 aromatic heterocycles. The van der Waals surface area contributed by atoms with Crippen molar-refractivity contribution in [3.05, 3.63) is 247 Å². The highest BCUT2D eigenvalue weighted by molar-refractivity contribution is 5.87. The van der Waals surface area contributed by atoms with Crippen LogP contribution < -0.4 is 9.47 Å². The Kier molecular flexibility index (Phi) is 8.64. The molecule has 0 radical (unpaired) electrons. The van der Waals surface area contributed by atoms with E-state index >= 15 is 0 Å². The van der Waals surface area contributed by atoms with Gasteiger partial charge in [0.1, 0.15) is 0 Å². The summed E-state index contributed by atoms with van der Waals surface area (Å²) in [5, 5.41) is 0. The molecule has 0 spiro atoms. The maximum Gasteiger partial charge on any atom is 0.170 e. The Morgan fingerprint density at radius 1 is 0.270 bits per heavy atom. The highest BCUT2D eigenvalue weighted by Gasteiger charge is 2.46. The van der Waals surface area contributed by atoms with Gasteiger partial charge in [-0.2, -0.15) is 0 Å². The van der Waals surface area contributed by atoms with Gasteiger partial charge in [-0.15, -0.1) is 0 Å². The van der Waals surface area contributed by atoms with Gasteiger partial charge in [0.15, 0.2) is 40.5 Å². The third kappa shape index (κ3) is 6.21. The topological polar surface area (TPSA) is 57.1 Å². The number of hydrogen-bond donors (Lipinski definition) is 0. The molecule has 5 heteroatoms. The standard InChI is InChI=1S/C58H37N3O2/c1-3-14-38(15-4-1)39-26-28-42(29-27-39)56-59-55(41-16-5-2-6-17-41)60-57(61-56)44-19-13-18-43(36-44)40-30-32-45(33-31-40)58(49-22-9-7-20-47(49)48-21-8-10-23-50(48)58)46-34-35-53-54(37-46)63-52-25-12-11-24-51(52)62-53/h1-37H. The van der Waals surface area contributed by atoms with Crippen LogP contribution in [0.3, 0.4) is 0 Å². The minimum atomic E-state index is -0.614. The summed E-state index contributed by atoms with van der Waals surface area (Å²) in [6, 6.07) is 78.2. The van der Waals surface area contributed by atoms with Crippen LogP contribution in [0.15, 0.2) is 224 Å². The minimum absolute atomic E-state index is 0.614. The zero-order chi connectivity index (χ0) is 41.7. The monoisotopic (exact) mass is 807 g/mol. The third-order valence-electron chi connectivity index (χ3n) is 12.3. The van der Waals surface area contributed by atoms with Crippen molar-refractivity contribution in [2.45, 2.75) is 5.41 Å². The molecule has 0 saturated heterocycles. The molecular weight excluding hydrogens is 771 g/mol. The average Bonchev–Trinajstić information content (AvgIpc) is 3.67. The molecule has 0 amide bonds. The number of fused-ring (bicyclic) bond motifs is 5. The molecule has 296 valence electrons. The van der Waals surface area contributed by atoms with Gasteiger partial charge in [0.2, 0.25) is 0 Å². The van der Waals surface area contributed by atoms with Crippen molar-refractivity contribution in [3.63, 3.8) is 0 Å². The molecule has 63 heavy (non-hydrogen) atoms. The molecule has 0 atom stereocenters. The summed E-state index contributed by atoms with van der Waals surface area (Å²) in [5.74, 6) is 4.68. The minimum Gasteiger partial charge on any atom is -0.450 e. The Morgan fingerprint density at radius 3 is 1.33 bits per heavy atom. The van der Waals surface area contributed by atoms with E-state index < -0.39 is 5.41 Å².